The molecule has 0 aromatic carbocycles. The Morgan fingerprint density at radius 3 is 2.55 bits per heavy atom. The third-order valence-corrected chi connectivity index (χ3v) is 11.0. The van der Waals surface area contributed by atoms with Gasteiger partial charge in [-0.05, 0) is 111 Å². The Labute approximate surface area is 192 Å². The second-order valence-electron chi connectivity index (χ2n) is 12.9. The minimum atomic E-state index is -0.118. The SMILES string of the molecule is CCCC(CC(O)C[C@H]1CCC2C3CC=C4CC(O)CCC4(C)C3CCC21C)C(C)C. The number of hydrogen-bond acceptors (Lipinski definition) is 2. The lowest BCUT2D eigenvalue weighted by Gasteiger charge is -2.58. The number of aliphatic hydroxyl groups is 2. The van der Waals surface area contributed by atoms with E-state index in [1.54, 1.807) is 5.57 Å². The van der Waals surface area contributed by atoms with Crippen LogP contribution in [-0.4, -0.2) is 22.4 Å². The summed E-state index contributed by atoms with van der Waals surface area (Å²) in [5, 5.41) is 21.3. The lowest BCUT2D eigenvalue weighted by atomic mass is 9.47. The van der Waals surface area contributed by atoms with Gasteiger partial charge in [-0.3, -0.25) is 0 Å². The lowest BCUT2D eigenvalue weighted by Crippen LogP contribution is -2.50. The molecule has 0 saturated heterocycles. The van der Waals surface area contributed by atoms with Gasteiger partial charge >= 0.3 is 0 Å². The van der Waals surface area contributed by atoms with Crippen LogP contribution in [0.4, 0.5) is 0 Å². The molecule has 4 rings (SSSR count). The van der Waals surface area contributed by atoms with Crippen LogP contribution < -0.4 is 0 Å². The van der Waals surface area contributed by atoms with Gasteiger partial charge in [-0.25, -0.2) is 0 Å². The van der Waals surface area contributed by atoms with E-state index in [1.807, 2.05) is 0 Å². The van der Waals surface area contributed by atoms with Crippen LogP contribution in [0.5, 0.6) is 0 Å². The van der Waals surface area contributed by atoms with Gasteiger partial charge in [-0.2, -0.15) is 0 Å². The Hall–Kier alpha value is -0.340. The molecule has 4 aliphatic carbocycles. The zero-order valence-corrected chi connectivity index (χ0v) is 21.1. The summed E-state index contributed by atoms with van der Waals surface area (Å²) in [6.07, 6.45) is 16.6. The highest BCUT2D eigenvalue weighted by atomic mass is 16.3. The van der Waals surface area contributed by atoms with Crippen LogP contribution in [0.15, 0.2) is 11.6 Å². The molecular weight excluding hydrogens is 380 g/mol. The fourth-order valence-electron chi connectivity index (χ4n) is 9.01. The van der Waals surface area contributed by atoms with E-state index >= 15 is 0 Å². The number of allylic oxidation sites excluding steroid dienone is 1. The van der Waals surface area contributed by atoms with E-state index in [9.17, 15) is 10.2 Å². The molecule has 0 aliphatic heterocycles. The molecule has 0 radical (unpaired) electrons. The maximum atomic E-state index is 11.1. The summed E-state index contributed by atoms with van der Waals surface area (Å²) in [7, 11) is 0. The Kier molecular flexibility index (Phi) is 7.01. The Morgan fingerprint density at radius 2 is 1.84 bits per heavy atom. The van der Waals surface area contributed by atoms with Crippen molar-refractivity contribution in [3.63, 3.8) is 0 Å². The molecule has 9 atom stereocenters. The summed E-state index contributed by atoms with van der Waals surface area (Å²) in [5.74, 6) is 4.53. The highest BCUT2D eigenvalue weighted by molar-refractivity contribution is 5.25. The highest BCUT2D eigenvalue weighted by Gasteiger charge is 2.58. The molecule has 3 fully saturated rings. The summed E-state index contributed by atoms with van der Waals surface area (Å²) in [6.45, 7) is 12.1. The summed E-state index contributed by atoms with van der Waals surface area (Å²) in [5.41, 5.74) is 2.35. The highest BCUT2D eigenvalue weighted by Crippen LogP contribution is 2.66. The van der Waals surface area contributed by atoms with E-state index in [0.29, 0.717) is 28.6 Å². The standard InChI is InChI=1S/C29H50O2/c1-6-7-20(19(2)3)16-24(31)18-22-9-11-26-25-10-8-21-17-23(30)12-14-28(21,4)27(25)13-15-29(22,26)5/h8,19-20,22-27,30-31H,6-7,9-18H2,1-5H3/t20?,22-,23?,24?,25?,26?,27?,28?,29?/m1/s1. The molecule has 4 aliphatic rings. The first-order valence-corrected chi connectivity index (χ1v) is 13.7. The van der Waals surface area contributed by atoms with Gasteiger partial charge in [0.05, 0.1) is 12.2 Å². The van der Waals surface area contributed by atoms with Crippen LogP contribution in [-0.2, 0) is 0 Å². The van der Waals surface area contributed by atoms with Gasteiger partial charge in [0.15, 0.2) is 0 Å². The molecule has 31 heavy (non-hydrogen) atoms. The van der Waals surface area contributed by atoms with Crippen LogP contribution >= 0.6 is 0 Å². The molecule has 0 bridgehead atoms. The van der Waals surface area contributed by atoms with Crippen molar-refractivity contribution in [2.45, 2.75) is 124 Å². The largest absolute Gasteiger partial charge is 0.393 e. The molecular formula is C29H50O2. The minimum Gasteiger partial charge on any atom is -0.393 e. The van der Waals surface area contributed by atoms with Gasteiger partial charge < -0.3 is 10.2 Å². The van der Waals surface area contributed by atoms with Gasteiger partial charge in [-0.1, -0.05) is 59.1 Å². The van der Waals surface area contributed by atoms with Gasteiger partial charge in [0.2, 0.25) is 0 Å². The molecule has 0 spiro atoms. The van der Waals surface area contributed by atoms with Gasteiger partial charge in [0.25, 0.3) is 0 Å². The van der Waals surface area contributed by atoms with Crippen LogP contribution in [0.25, 0.3) is 0 Å². The molecule has 8 unspecified atom stereocenters. The topological polar surface area (TPSA) is 40.5 Å². The van der Waals surface area contributed by atoms with Crippen LogP contribution in [0.1, 0.15) is 112 Å². The summed E-state index contributed by atoms with van der Waals surface area (Å²) in [4.78, 5) is 0. The van der Waals surface area contributed by atoms with Crippen molar-refractivity contribution in [1.29, 1.82) is 0 Å². The molecule has 178 valence electrons. The first-order chi connectivity index (χ1) is 14.7. The van der Waals surface area contributed by atoms with E-state index in [-0.39, 0.29) is 12.2 Å². The van der Waals surface area contributed by atoms with Gasteiger partial charge in [0.1, 0.15) is 0 Å². The minimum absolute atomic E-state index is 0.107. The van der Waals surface area contributed by atoms with Crippen molar-refractivity contribution < 1.29 is 10.2 Å². The molecule has 0 heterocycles. The fourth-order valence-corrected chi connectivity index (χ4v) is 9.01. The lowest BCUT2D eigenvalue weighted by molar-refractivity contribution is -0.0564. The molecule has 0 amide bonds. The maximum Gasteiger partial charge on any atom is 0.0577 e. The third-order valence-electron chi connectivity index (χ3n) is 11.0. The van der Waals surface area contributed by atoms with E-state index in [0.717, 1.165) is 43.4 Å². The third kappa shape index (κ3) is 4.30. The molecule has 3 saturated carbocycles. The predicted octanol–water partition coefficient (Wildman–Crippen LogP) is 7.14. The maximum absolute atomic E-state index is 11.1. The molecule has 2 heteroatoms. The van der Waals surface area contributed by atoms with Crippen molar-refractivity contribution in [3.8, 4) is 0 Å². The van der Waals surface area contributed by atoms with E-state index in [2.05, 4.69) is 40.7 Å². The summed E-state index contributed by atoms with van der Waals surface area (Å²) in [6, 6.07) is 0. The van der Waals surface area contributed by atoms with Gasteiger partial charge in [-0.15, -0.1) is 0 Å². The number of hydrogen-bond donors (Lipinski definition) is 2. The van der Waals surface area contributed by atoms with Crippen molar-refractivity contribution >= 4 is 0 Å². The monoisotopic (exact) mass is 430 g/mol. The average molecular weight is 431 g/mol. The Bertz CT molecular complexity index is 653. The van der Waals surface area contributed by atoms with Crippen molar-refractivity contribution in [3.05, 3.63) is 11.6 Å². The molecule has 0 aromatic rings. The predicted molar refractivity (Wildman–Crippen MR) is 130 cm³/mol. The van der Waals surface area contributed by atoms with Crippen molar-refractivity contribution in [2.75, 3.05) is 0 Å². The van der Waals surface area contributed by atoms with Crippen LogP contribution in [0.3, 0.4) is 0 Å². The summed E-state index contributed by atoms with van der Waals surface area (Å²) >= 11 is 0. The van der Waals surface area contributed by atoms with E-state index < -0.39 is 0 Å². The van der Waals surface area contributed by atoms with Crippen molar-refractivity contribution in [1.82, 2.24) is 0 Å². The normalized spacial score (nSPS) is 44.3. The van der Waals surface area contributed by atoms with Crippen molar-refractivity contribution in [2.24, 2.45) is 46.3 Å². The zero-order chi connectivity index (χ0) is 22.4. The first kappa shape index (κ1) is 23.8. The fraction of sp³-hybridized carbons (Fsp3) is 0.931. The van der Waals surface area contributed by atoms with Crippen LogP contribution in [0.2, 0.25) is 0 Å². The Balaban J connectivity index is 1.45. The quantitative estimate of drug-likeness (QED) is 0.421. The van der Waals surface area contributed by atoms with Gasteiger partial charge in [0, 0.05) is 0 Å². The van der Waals surface area contributed by atoms with Crippen LogP contribution in [0, 0.1) is 46.3 Å². The van der Waals surface area contributed by atoms with E-state index in [4.69, 9.17) is 0 Å². The number of rotatable bonds is 7. The number of aliphatic hydroxyl groups excluding tert-OH is 2. The summed E-state index contributed by atoms with van der Waals surface area (Å²) < 4.78 is 0. The molecule has 2 nitrogen and oxygen atoms in total. The molecule has 2 N–H and O–H groups in total. The Morgan fingerprint density at radius 1 is 1.06 bits per heavy atom. The van der Waals surface area contributed by atoms with E-state index in [1.165, 1.54) is 51.4 Å². The second-order valence-corrected chi connectivity index (χ2v) is 12.9. The first-order valence-electron chi connectivity index (χ1n) is 13.7. The number of fused-ring (bicyclic) bond motifs is 5. The molecule has 0 aromatic heterocycles. The average Bonchev–Trinajstić information content (AvgIpc) is 3.04. The zero-order valence-electron chi connectivity index (χ0n) is 21.1. The second kappa shape index (κ2) is 9.13. The smallest absolute Gasteiger partial charge is 0.0577 e.